The van der Waals surface area contributed by atoms with E-state index in [4.69, 9.17) is 14.6 Å². The normalized spacial score (nSPS) is 15.7. The first-order chi connectivity index (χ1) is 20.7. The topological polar surface area (TPSA) is 115 Å². The molecule has 10 heteroatoms. The number of nitrogens with zero attached hydrogens (tertiary/aromatic N) is 3. The van der Waals surface area contributed by atoms with E-state index < -0.39 is 34.6 Å². The van der Waals surface area contributed by atoms with Crippen LogP contribution in [0, 0.1) is 0 Å². The van der Waals surface area contributed by atoms with E-state index in [1.165, 1.54) is 0 Å². The zero-order valence-corrected chi connectivity index (χ0v) is 26.8. The van der Waals surface area contributed by atoms with Crippen LogP contribution in [-0.2, 0) is 31.8 Å². The van der Waals surface area contributed by atoms with Crippen molar-refractivity contribution in [2.24, 2.45) is 0 Å². The first kappa shape index (κ1) is 32.6. The molecule has 1 aromatic heterocycles. The molecule has 0 spiro atoms. The predicted molar refractivity (Wildman–Crippen MR) is 169 cm³/mol. The number of amides is 3. The van der Waals surface area contributed by atoms with Crippen LogP contribution in [0.5, 0.6) is 0 Å². The zero-order chi connectivity index (χ0) is 32.1. The van der Waals surface area contributed by atoms with Crippen molar-refractivity contribution >= 4 is 23.9 Å². The fourth-order valence-electron chi connectivity index (χ4n) is 5.30. The summed E-state index contributed by atoms with van der Waals surface area (Å²) in [5.74, 6) is 0.126. The highest BCUT2D eigenvalue weighted by molar-refractivity contribution is 5.95. The number of ether oxygens (including phenoxy) is 2. The third kappa shape index (κ3) is 7.98. The number of hydrogen-bond donors (Lipinski definition) is 2. The van der Waals surface area contributed by atoms with Crippen molar-refractivity contribution in [2.75, 3.05) is 18.4 Å². The average molecular weight is 604 g/mol. The minimum Gasteiger partial charge on any atom is -0.445 e. The van der Waals surface area contributed by atoms with E-state index in [-0.39, 0.29) is 12.7 Å². The number of anilines is 1. The Hall–Kier alpha value is -4.34. The number of benzene rings is 2. The van der Waals surface area contributed by atoms with Gasteiger partial charge in [-0.05, 0) is 72.4 Å². The highest BCUT2D eigenvalue weighted by atomic mass is 16.6. The van der Waals surface area contributed by atoms with Gasteiger partial charge in [-0.15, -0.1) is 0 Å². The summed E-state index contributed by atoms with van der Waals surface area (Å²) in [6, 6.07) is 20.6. The number of hydrogen-bond acceptors (Lipinski definition) is 6. The van der Waals surface area contributed by atoms with Gasteiger partial charge in [-0.3, -0.25) is 4.79 Å². The monoisotopic (exact) mass is 603 g/mol. The Morgan fingerprint density at radius 1 is 0.932 bits per heavy atom. The summed E-state index contributed by atoms with van der Waals surface area (Å²) in [4.78, 5) is 40.3. The molecule has 1 aliphatic heterocycles. The fourth-order valence-corrected chi connectivity index (χ4v) is 5.30. The van der Waals surface area contributed by atoms with E-state index in [1.807, 2.05) is 101 Å². The molecule has 0 aliphatic carbocycles. The third-order valence-corrected chi connectivity index (χ3v) is 7.62. The molecule has 10 nitrogen and oxygen atoms in total. The minimum atomic E-state index is -0.856. The summed E-state index contributed by atoms with van der Waals surface area (Å²) < 4.78 is 12.7. The Morgan fingerprint density at radius 2 is 1.52 bits per heavy atom. The molecule has 44 heavy (non-hydrogen) atoms. The van der Waals surface area contributed by atoms with Gasteiger partial charge >= 0.3 is 12.2 Å². The van der Waals surface area contributed by atoms with E-state index in [2.05, 4.69) is 22.8 Å². The first-order valence-electron chi connectivity index (χ1n) is 15.1. The van der Waals surface area contributed by atoms with E-state index in [1.54, 1.807) is 11.8 Å². The van der Waals surface area contributed by atoms with Crippen molar-refractivity contribution in [3.05, 3.63) is 83.6 Å². The van der Waals surface area contributed by atoms with Crippen molar-refractivity contribution < 1.29 is 23.9 Å². The Balaban J connectivity index is 1.55. The third-order valence-electron chi connectivity index (χ3n) is 7.62. The first-order valence-corrected chi connectivity index (χ1v) is 15.1. The standard InChI is InChI=1S/C34H45N5O5/c1-24(35-30(41)43-23-25-14-10-8-11-15-25)29(40)36-28-22-27(37-39(28)32(2,3)4)34(26-16-12-9-13-17-26)18-20-38(21-19-34)31(42)44-33(5,6)7/h8-17,22,24H,18-21,23H2,1-7H3,(H,35,41)(H,36,40). The molecule has 2 aromatic carbocycles. The van der Waals surface area contributed by atoms with Gasteiger partial charge in [0.2, 0.25) is 5.91 Å². The molecule has 1 atom stereocenters. The van der Waals surface area contributed by atoms with Gasteiger partial charge in [-0.25, -0.2) is 14.3 Å². The molecule has 2 heterocycles. The fraction of sp³-hybridized carbons (Fsp3) is 0.471. The molecule has 1 fully saturated rings. The smallest absolute Gasteiger partial charge is 0.410 e. The van der Waals surface area contributed by atoms with Gasteiger partial charge in [-0.1, -0.05) is 60.7 Å². The van der Waals surface area contributed by atoms with E-state index >= 15 is 0 Å². The van der Waals surface area contributed by atoms with Gasteiger partial charge in [0.1, 0.15) is 24.1 Å². The van der Waals surface area contributed by atoms with Crippen molar-refractivity contribution in [3.63, 3.8) is 0 Å². The number of nitrogens with one attached hydrogen (secondary N) is 2. The maximum atomic E-state index is 13.3. The Morgan fingerprint density at radius 3 is 2.09 bits per heavy atom. The van der Waals surface area contributed by atoms with Crippen LogP contribution in [0.1, 0.15) is 78.1 Å². The number of likely N-dealkylation sites (tertiary alicyclic amines) is 1. The predicted octanol–water partition coefficient (Wildman–Crippen LogP) is 6.21. The summed E-state index contributed by atoms with van der Waals surface area (Å²) in [5, 5.41) is 10.7. The number of alkyl carbamates (subject to hydrolysis) is 1. The molecule has 0 radical (unpaired) electrons. The van der Waals surface area contributed by atoms with Crippen LogP contribution in [0.3, 0.4) is 0 Å². The molecule has 3 aromatic rings. The molecule has 236 valence electrons. The summed E-state index contributed by atoms with van der Waals surface area (Å²) in [6.45, 7) is 14.4. The maximum absolute atomic E-state index is 13.3. The van der Waals surface area contributed by atoms with Crippen molar-refractivity contribution in [2.45, 2.75) is 90.5 Å². The van der Waals surface area contributed by atoms with Crippen molar-refractivity contribution in [3.8, 4) is 0 Å². The number of piperidine rings is 1. The van der Waals surface area contributed by atoms with Gasteiger partial charge < -0.3 is 25.0 Å². The summed E-state index contributed by atoms with van der Waals surface area (Å²) in [6.07, 6.45) is 0.267. The van der Waals surface area contributed by atoms with Crippen LogP contribution in [-0.4, -0.2) is 57.5 Å². The lowest BCUT2D eigenvalue weighted by atomic mass is 9.70. The second-order valence-corrected chi connectivity index (χ2v) is 13.3. The van der Waals surface area contributed by atoms with Gasteiger partial charge in [0.25, 0.3) is 0 Å². The second-order valence-electron chi connectivity index (χ2n) is 13.3. The molecule has 4 rings (SSSR count). The maximum Gasteiger partial charge on any atom is 0.410 e. The highest BCUT2D eigenvalue weighted by Crippen LogP contribution is 2.43. The van der Waals surface area contributed by atoms with Gasteiger partial charge in [0, 0.05) is 24.6 Å². The van der Waals surface area contributed by atoms with Gasteiger partial charge in [-0.2, -0.15) is 5.10 Å². The van der Waals surface area contributed by atoms with Gasteiger partial charge in [0.05, 0.1) is 11.2 Å². The average Bonchev–Trinajstić information content (AvgIpc) is 3.41. The van der Waals surface area contributed by atoms with Crippen LogP contribution in [0.2, 0.25) is 0 Å². The Kier molecular flexibility index (Phi) is 9.71. The lowest BCUT2D eigenvalue weighted by Crippen LogP contribution is -2.47. The van der Waals surface area contributed by atoms with Crippen LogP contribution >= 0.6 is 0 Å². The van der Waals surface area contributed by atoms with Crippen molar-refractivity contribution in [1.29, 1.82) is 0 Å². The number of rotatable bonds is 7. The van der Waals surface area contributed by atoms with Gasteiger partial charge in [0.15, 0.2) is 0 Å². The molecular weight excluding hydrogens is 558 g/mol. The van der Waals surface area contributed by atoms with Crippen LogP contribution in [0.25, 0.3) is 0 Å². The number of aromatic nitrogens is 2. The molecule has 0 bridgehead atoms. The number of carbonyl (C=O) groups excluding carboxylic acids is 3. The SMILES string of the molecule is CC(NC(=O)OCc1ccccc1)C(=O)Nc1cc(C2(c3ccccc3)CCN(C(=O)OC(C)(C)C)CC2)nn1C(C)(C)C. The van der Waals surface area contributed by atoms with E-state index in [0.29, 0.717) is 31.7 Å². The molecule has 1 saturated heterocycles. The lowest BCUT2D eigenvalue weighted by molar-refractivity contribution is -0.117. The summed E-state index contributed by atoms with van der Waals surface area (Å²) in [7, 11) is 0. The van der Waals surface area contributed by atoms with Crippen LogP contribution in [0.15, 0.2) is 66.7 Å². The molecular formula is C34H45N5O5. The molecule has 2 N–H and O–H groups in total. The Labute approximate surface area is 260 Å². The van der Waals surface area contributed by atoms with Crippen molar-refractivity contribution in [1.82, 2.24) is 20.0 Å². The van der Waals surface area contributed by atoms with Crippen LogP contribution in [0.4, 0.5) is 15.4 Å². The van der Waals surface area contributed by atoms with E-state index in [0.717, 1.165) is 16.8 Å². The Bertz CT molecular complexity index is 1430. The van der Waals surface area contributed by atoms with Crippen LogP contribution < -0.4 is 10.6 Å². The quantitative estimate of drug-likeness (QED) is 0.332. The molecule has 1 aliphatic rings. The van der Waals surface area contributed by atoms with E-state index in [9.17, 15) is 14.4 Å². The molecule has 3 amide bonds. The largest absolute Gasteiger partial charge is 0.445 e. The number of carbonyl (C=O) groups is 3. The zero-order valence-electron chi connectivity index (χ0n) is 26.8. The summed E-state index contributed by atoms with van der Waals surface area (Å²) in [5.41, 5.74) is 1.24. The molecule has 0 saturated carbocycles. The lowest BCUT2D eigenvalue weighted by Gasteiger charge is -2.41. The molecule has 1 unspecified atom stereocenters. The highest BCUT2D eigenvalue weighted by Gasteiger charge is 2.43. The summed E-state index contributed by atoms with van der Waals surface area (Å²) >= 11 is 0. The second kappa shape index (κ2) is 13.1. The minimum absolute atomic E-state index is 0.105.